The minimum atomic E-state index is -4.97. The van der Waals surface area contributed by atoms with E-state index in [0.717, 1.165) is 18.9 Å². The molecule has 0 amide bonds. The van der Waals surface area contributed by atoms with Gasteiger partial charge in [0.25, 0.3) is 6.43 Å². The number of halogens is 8. The third-order valence-electron chi connectivity index (χ3n) is 4.79. The predicted molar refractivity (Wildman–Crippen MR) is 140 cm³/mol. The molecule has 40 heavy (non-hydrogen) atoms. The second-order valence-corrected chi connectivity index (χ2v) is 10.5. The van der Waals surface area contributed by atoms with Crippen molar-refractivity contribution in [3.8, 4) is 5.88 Å². The summed E-state index contributed by atoms with van der Waals surface area (Å²) in [5.41, 5.74) is -3.79. The summed E-state index contributed by atoms with van der Waals surface area (Å²) in [5, 5.41) is 8.70. The fourth-order valence-corrected chi connectivity index (χ4v) is 4.80. The fourth-order valence-electron chi connectivity index (χ4n) is 3.34. The molecule has 3 rings (SSSR count). The molecule has 8 nitrogen and oxygen atoms in total. The normalized spacial score (nSPS) is 13.2. The van der Waals surface area contributed by atoms with Crippen molar-refractivity contribution < 1.29 is 46.1 Å². The lowest BCUT2D eigenvalue weighted by Gasteiger charge is -2.22. The molecule has 0 saturated heterocycles. The molecular weight excluding hydrogens is 632 g/mol. The van der Waals surface area contributed by atoms with Crippen LogP contribution in [0.5, 0.6) is 5.88 Å². The van der Waals surface area contributed by atoms with Crippen molar-refractivity contribution in [2.75, 3.05) is 26.0 Å². The van der Waals surface area contributed by atoms with Gasteiger partial charge in [-0.2, -0.15) is 18.2 Å². The number of carbonyl (C=O) groups is 2. The number of hydrogen-bond donors (Lipinski definition) is 1. The molecule has 0 bridgehead atoms. The maximum absolute atomic E-state index is 13.6. The van der Waals surface area contributed by atoms with Gasteiger partial charge in [0.1, 0.15) is 15.8 Å². The van der Waals surface area contributed by atoms with Crippen LogP contribution in [0.25, 0.3) is 0 Å². The molecule has 0 aliphatic carbocycles. The lowest BCUT2D eigenvalue weighted by molar-refractivity contribution is -0.141. The molecule has 17 heteroatoms. The summed E-state index contributed by atoms with van der Waals surface area (Å²) < 4.78 is 77.0. The van der Waals surface area contributed by atoms with E-state index in [0.29, 0.717) is 12.3 Å². The number of methoxy groups -OCH3 is 1. The molecule has 0 fully saturated rings. The van der Waals surface area contributed by atoms with Gasteiger partial charge in [-0.1, -0.05) is 48.7 Å². The molecule has 220 valence electrons. The van der Waals surface area contributed by atoms with Gasteiger partial charge in [0.2, 0.25) is 5.88 Å². The van der Waals surface area contributed by atoms with Crippen LogP contribution in [0.3, 0.4) is 0 Å². The van der Waals surface area contributed by atoms with Crippen LogP contribution in [-0.2, 0) is 22.1 Å². The molecule has 2 aromatic rings. The van der Waals surface area contributed by atoms with Gasteiger partial charge in [-0.15, -0.1) is 11.8 Å². The molecular formula is C23H21Cl3F5N3O5S. The summed E-state index contributed by atoms with van der Waals surface area (Å²) in [4.78, 5) is 33.2. The maximum atomic E-state index is 13.6. The van der Waals surface area contributed by atoms with Crippen molar-refractivity contribution in [2.45, 2.75) is 32.9 Å². The number of rotatable bonds is 8. The van der Waals surface area contributed by atoms with Gasteiger partial charge >= 0.3 is 18.1 Å². The molecule has 3 heterocycles. The van der Waals surface area contributed by atoms with Crippen molar-refractivity contribution in [1.82, 2.24) is 9.97 Å². The van der Waals surface area contributed by atoms with Crippen LogP contribution >= 0.6 is 46.6 Å². The van der Waals surface area contributed by atoms with E-state index in [9.17, 15) is 31.5 Å². The van der Waals surface area contributed by atoms with Crippen LogP contribution in [-0.4, -0.2) is 58.1 Å². The minimum absolute atomic E-state index is 0.0106. The Morgan fingerprint density at radius 2 is 1.80 bits per heavy atom. The van der Waals surface area contributed by atoms with Crippen LogP contribution in [0.4, 0.5) is 22.0 Å². The molecule has 1 aliphatic heterocycles. The quantitative estimate of drug-likeness (QED) is 0.184. The highest BCUT2D eigenvalue weighted by atomic mass is 35.5. The standard InChI is InChI=1S/C16H17F5N2O2S.C7H4Cl3NO3/c1-7(2)6-8-9(15(24)25-3)11(13(17)18)23-12(16(19,20)21)10(8)14-22-4-5-26-14;8-3-1-4(9)7(11-6(3)10)14-2-5(12)13/h7,13H,4-6H2,1-3H3;1H,2H2,(H,12,13). The zero-order chi connectivity index (χ0) is 30.4. The Kier molecular flexibility index (Phi) is 12.2. The fraction of sp³-hybridized carbons (Fsp3) is 0.435. The Hall–Kier alpha value is -2.42. The summed E-state index contributed by atoms with van der Waals surface area (Å²) in [6, 6.07) is 1.33. The third-order valence-corrected chi connectivity index (χ3v) is 6.73. The average molecular weight is 653 g/mol. The number of carbonyl (C=O) groups excluding carboxylic acids is 1. The highest BCUT2D eigenvalue weighted by Crippen LogP contribution is 2.40. The molecule has 0 saturated carbocycles. The van der Waals surface area contributed by atoms with E-state index >= 15 is 0 Å². The van der Waals surface area contributed by atoms with Crippen molar-refractivity contribution in [2.24, 2.45) is 10.9 Å². The molecule has 0 aromatic carbocycles. The molecule has 0 atom stereocenters. The SMILES string of the molecule is COC(=O)c1c(C(F)F)nc(C(F)(F)F)c(C2=NCCS2)c1CC(C)C.O=C(O)COc1nc(Cl)c(Cl)cc1Cl. The number of aromatic nitrogens is 2. The molecule has 0 spiro atoms. The van der Waals surface area contributed by atoms with E-state index in [2.05, 4.69) is 19.7 Å². The van der Waals surface area contributed by atoms with Crippen LogP contribution < -0.4 is 4.74 Å². The van der Waals surface area contributed by atoms with Crippen LogP contribution in [0.2, 0.25) is 15.2 Å². The number of carboxylic acid groups (broad SMARTS) is 1. The first-order chi connectivity index (χ1) is 18.6. The highest BCUT2D eigenvalue weighted by molar-refractivity contribution is 8.14. The number of aliphatic carboxylic acids is 1. The molecule has 0 unspecified atom stereocenters. The van der Waals surface area contributed by atoms with Gasteiger partial charge in [-0.3, -0.25) is 4.99 Å². The number of alkyl halides is 5. The number of thioether (sulfide) groups is 1. The summed E-state index contributed by atoms with van der Waals surface area (Å²) >= 11 is 17.9. The van der Waals surface area contributed by atoms with Gasteiger partial charge in [0.15, 0.2) is 17.5 Å². The van der Waals surface area contributed by atoms with E-state index < -0.39 is 53.7 Å². The average Bonchev–Trinajstić information content (AvgIpc) is 3.38. The molecule has 2 aromatic heterocycles. The summed E-state index contributed by atoms with van der Waals surface area (Å²) in [6.07, 6.45) is -8.35. The Bertz CT molecular complexity index is 1300. The van der Waals surface area contributed by atoms with E-state index in [4.69, 9.17) is 44.6 Å². The monoisotopic (exact) mass is 651 g/mol. The van der Waals surface area contributed by atoms with Crippen molar-refractivity contribution in [3.05, 3.63) is 49.3 Å². The van der Waals surface area contributed by atoms with Crippen LogP contribution in [0, 0.1) is 5.92 Å². The zero-order valence-electron chi connectivity index (χ0n) is 20.9. The Labute approximate surface area is 244 Å². The van der Waals surface area contributed by atoms with Gasteiger partial charge in [0.05, 0.1) is 17.7 Å². The number of esters is 1. The largest absolute Gasteiger partial charge is 0.479 e. The first-order valence-corrected chi connectivity index (χ1v) is 13.2. The van der Waals surface area contributed by atoms with Gasteiger partial charge in [0, 0.05) is 17.9 Å². The molecule has 1 N–H and O–H groups in total. The number of aliphatic imine (C=N–C) groups is 1. The van der Waals surface area contributed by atoms with Crippen molar-refractivity contribution in [3.63, 3.8) is 0 Å². The number of carboxylic acids is 1. The van der Waals surface area contributed by atoms with Crippen LogP contribution in [0.15, 0.2) is 11.1 Å². The maximum Gasteiger partial charge on any atom is 0.434 e. The topological polar surface area (TPSA) is 111 Å². The lowest BCUT2D eigenvalue weighted by atomic mass is 9.91. The van der Waals surface area contributed by atoms with E-state index in [-0.39, 0.29) is 44.0 Å². The second kappa shape index (κ2) is 14.5. The number of nitrogens with zero attached hydrogens (tertiary/aromatic N) is 3. The highest BCUT2D eigenvalue weighted by Gasteiger charge is 2.42. The first kappa shape index (κ1) is 33.8. The van der Waals surface area contributed by atoms with Crippen molar-refractivity contribution >= 4 is 63.5 Å². The predicted octanol–water partition coefficient (Wildman–Crippen LogP) is 7.02. The minimum Gasteiger partial charge on any atom is -0.479 e. The number of pyridine rings is 2. The number of ether oxygens (including phenoxy) is 2. The van der Waals surface area contributed by atoms with Gasteiger partial charge in [-0.25, -0.2) is 23.4 Å². The molecule has 1 aliphatic rings. The lowest BCUT2D eigenvalue weighted by Crippen LogP contribution is -2.24. The smallest absolute Gasteiger partial charge is 0.434 e. The summed E-state index contributed by atoms with van der Waals surface area (Å²) in [7, 11) is 0.982. The van der Waals surface area contributed by atoms with E-state index in [1.165, 1.54) is 6.07 Å². The second-order valence-electron chi connectivity index (χ2n) is 8.23. The first-order valence-electron chi connectivity index (χ1n) is 11.1. The summed E-state index contributed by atoms with van der Waals surface area (Å²) in [6.45, 7) is 3.20. The zero-order valence-corrected chi connectivity index (χ0v) is 24.0. The number of hydrogen-bond acceptors (Lipinski definition) is 8. The summed E-state index contributed by atoms with van der Waals surface area (Å²) in [5.74, 6) is -2.05. The Morgan fingerprint density at radius 3 is 2.27 bits per heavy atom. The van der Waals surface area contributed by atoms with E-state index in [1.54, 1.807) is 13.8 Å². The van der Waals surface area contributed by atoms with Crippen molar-refractivity contribution in [1.29, 1.82) is 0 Å². The van der Waals surface area contributed by atoms with Crippen LogP contribution in [0.1, 0.15) is 53.1 Å². The third kappa shape index (κ3) is 8.79. The van der Waals surface area contributed by atoms with E-state index in [1.807, 2.05) is 0 Å². The molecule has 0 radical (unpaired) electrons. The van der Waals surface area contributed by atoms with Gasteiger partial charge in [-0.05, 0) is 24.0 Å². The Balaban J connectivity index is 0.000000337. The Morgan fingerprint density at radius 1 is 1.15 bits per heavy atom. The van der Waals surface area contributed by atoms with Gasteiger partial charge < -0.3 is 14.6 Å².